The largest absolute Gasteiger partial charge is 0.454 e. The third-order valence-electron chi connectivity index (χ3n) is 4.42. The van der Waals surface area contributed by atoms with Crippen LogP contribution in [0.2, 0.25) is 0 Å². The summed E-state index contributed by atoms with van der Waals surface area (Å²) < 4.78 is 8.37. The van der Waals surface area contributed by atoms with Crippen molar-refractivity contribution in [3.63, 3.8) is 0 Å². The fraction of sp³-hybridized carbons (Fsp3) is 0. The van der Waals surface area contributed by atoms with Gasteiger partial charge in [-0.1, -0.05) is 30.3 Å². The summed E-state index contributed by atoms with van der Waals surface area (Å²) in [4.78, 5) is 0. The van der Waals surface area contributed by atoms with Crippen molar-refractivity contribution in [1.29, 1.82) is 5.26 Å². The van der Waals surface area contributed by atoms with Crippen molar-refractivity contribution >= 4 is 10.9 Å². The molecule has 0 radical (unpaired) electrons. The first-order valence-corrected chi connectivity index (χ1v) is 7.77. The minimum Gasteiger partial charge on any atom is -0.454 e. The number of nitriles is 1. The minimum absolute atomic E-state index is 0.589. The molecule has 1 aromatic heterocycles. The smallest absolute Gasteiger partial charge is 0.152 e. The summed E-state index contributed by atoms with van der Waals surface area (Å²) in [6.45, 7) is 0. The van der Waals surface area contributed by atoms with Crippen molar-refractivity contribution in [1.82, 2.24) is 4.57 Å². The summed E-state index contributed by atoms with van der Waals surface area (Å²) in [7, 11) is 0. The molecule has 2 heterocycles. The first-order valence-electron chi connectivity index (χ1n) is 7.77. The molecule has 112 valence electrons. The number of hydrogen-bond donors (Lipinski definition) is 0. The van der Waals surface area contributed by atoms with Gasteiger partial charge in [-0.05, 0) is 36.4 Å². The summed E-state index contributed by atoms with van der Waals surface area (Å²) in [6, 6.07) is 26.3. The fourth-order valence-corrected chi connectivity index (χ4v) is 3.35. The van der Waals surface area contributed by atoms with Crippen molar-refractivity contribution in [2.24, 2.45) is 0 Å². The Labute approximate surface area is 139 Å². The van der Waals surface area contributed by atoms with Gasteiger partial charge in [0.1, 0.15) is 5.75 Å². The van der Waals surface area contributed by atoms with Crippen molar-refractivity contribution in [3.8, 4) is 34.5 Å². The van der Waals surface area contributed by atoms with Crippen LogP contribution >= 0.6 is 0 Å². The van der Waals surface area contributed by atoms with E-state index in [-0.39, 0.29) is 0 Å². The zero-order chi connectivity index (χ0) is 16.1. The predicted molar refractivity (Wildman–Crippen MR) is 93.5 cm³/mol. The Hall–Kier alpha value is -3.51. The highest BCUT2D eigenvalue weighted by Crippen LogP contribution is 2.44. The van der Waals surface area contributed by atoms with E-state index in [4.69, 9.17) is 4.74 Å². The lowest BCUT2D eigenvalue weighted by Crippen LogP contribution is -1.96. The molecular formula is C21H12N2O. The van der Waals surface area contributed by atoms with E-state index in [1.54, 1.807) is 6.07 Å². The fourth-order valence-electron chi connectivity index (χ4n) is 3.35. The molecule has 3 nitrogen and oxygen atoms in total. The van der Waals surface area contributed by atoms with Crippen molar-refractivity contribution in [2.45, 2.75) is 0 Å². The average Bonchev–Trinajstić information content (AvgIpc) is 2.95. The van der Waals surface area contributed by atoms with E-state index in [0.29, 0.717) is 11.3 Å². The van der Waals surface area contributed by atoms with E-state index < -0.39 is 0 Å². The SMILES string of the molecule is N#Cc1ccc2c(c1)Oc1ccccc1-c1cc3ccccc3n1-2. The molecule has 0 amide bonds. The van der Waals surface area contributed by atoms with Gasteiger partial charge in [0.25, 0.3) is 0 Å². The van der Waals surface area contributed by atoms with Crippen LogP contribution in [0, 0.1) is 11.3 Å². The molecule has 3 heteroatoms. The molecule has 5 rings (SSSR count). The van der Waals surface area contributed by atoms with Gasteiger partial charge in [-0.2, -0.15) is 5.26 Å². The van der Waals surface area contributed by atoms with Crippen LogP contribution in [0.5, 0.6) is 11.5 Å². The molecule has 0 atom stereocenters. The Bertz CT molecular complexity index is 1150. The molecule has 0 saturated carbocycles. The van der Waals surface area contributed by atoms with Gasteiger partial charge < -0.3 is 9.30 Å². The molecule has 0 spiro atoms. The van der Waals surface area contributed by atoms with E-state index in [9.17, 15) is 5.26 Å². The zero-order valence-corrected chi connectivity index (χ0v) is 12.7. The third kappa shape index (κ3) is 1.71. The molecule has 0 bridgehead atoms. The maximum Gasteiger partial charge on any atom is 0.152 e. The van der Waals surface area contributed by atoms with Gasteiger partial charge in [-0.25, -0.2) is 0 Å². The second kappa shape index (κ2) is 4.74. The van der Waals surface area contributed by atoms with E-state index in [1.165, 1.54) is 5.39 Å². The second-order valence-electron chi connectivity index (χ2n) is 5.82. The number of ether oxygens (including phenoxy) is 1. The molecule has 0 aliphatic carbocycles. The first kappa shape index (κ1) is 13.0. The molecule has 0 fully saturated rings. The van der Waals surface area contributed by atoms with Crippen LogP contribution in [-0.4, -0.2) is 4.57 Å². The van der Waals surface area contributed by atoms with Gasteiger partial charge in [-0.3, -0.25) is 0 Å². The van der Waals surface area contributed by atoms with E-state index in [2.05, 4.69) is 34.9 Å². The molecular weight excluding hydrogens is 296 g/mol. The highest BCUT2D eigenvalue weighted by atomic mass is 16.5. The number of hydrogen-bond acceptors (Lipinski definition) is 2. The standard InChI is InChI=1S/C21H12N2O/c22-13-14-9-10-18-21(11-14)24-20-8-4-2-6-16(20)19-12-15-5-1-3-7-17(15)23(18)19/h1-12H. The van der Waals surface area contributed by atoms with Gasteiger partial charge >= 0.3 is 0 Å². The van der Waals surface area contributed by atoms with Crippen molar-refractivity contribution in [3.05, 3.63) is 78.4 Å². The number of rotatable bonds is 0. The summed E-state index contributed by atoms with van der Waals surface area (Å²) in [5.41, 5.74) is 4.80. The summed E-state index contributed by atoms with van der Waals surface area (Å²) in [6.07, 6.45) is 0. The van der Waals surface area contributed by atoms with Crippen LogP contribution < -0.4 is 4.74 Å². The minimum atomic E-state index is 0.589. The number of nitrogens with zero attached hydrogens (tertiary/aromatic N) is 2. The van der Waals surface area contributed by atoms with Crippen LogP contribution in [0.25, 0.3) is 27.8 Å². The Kier molecular flexibility index (Phi) is 2.56. The molecule has 3 aromatic carbocycles. The highest BCUT2D eigenvalue weighted by Gasteiger charge is 2.22. The Morgan fingerprint density at radius 1 is 0.833 bits per heavy atom. The van der Waals surface area contributed by atoms with Crippen molar-refractivity contribution in [2.75, 3.05) is 0 Å². The van der Waals surface area contributed by atoms with Crippen LogP contribution in [0.1, 0.15) is 5.56 Å². The van der Waals surface area contributed by atoms with E-state index >= 15 is 0 Å². The molecule has 0 N–H and O–H groups in total. The molecule has 24 heavy (non-hydrogen) atoms. The Morgan fingerprint density at radius 2 is 1.67 bits per heavy atom. The van der Waals surface area contributed by atoms with Crippen molar-refractivity contribution < 1.29 is 4.74 Å². The number of para-hydroxylation sites is 2. The summed E-state index contributed by atoms with van der Waals surface area (Å²) in [5.74, 6) is 1.50. The lowest BCUT2D eigenvalue weighted by molar-refractivity contribution is 0.485. The number of fused-ring (bicyclic) bond motifs is 7. The predicted octanol–water partition coefficient (Wildman–Crippen LogP) is 5.27. The lowest BCUT2D eigenvalue weighted by atomic mass is 10.1. The summed E-state index contributed by atoms with van der Waals surface area (Å²) in [5, 5.41) is 10.4. The maximum absolute atomic E-state index is 9.22. The van der Waals surface area contributed by atoms with Crippen LogP contribution in [-0.2, 0) is 0 Å². The summed E-state index contributed by atoms with van der Waals surface area (Å²) >= 11 is 0. The molecule has 1 aliphatic heterocycles. The van der Waals surface area contributed by atoms with Crippen LogP contribution in [0.4, 0.5) is 0 Å². The second-order valence-corrected chi connectivity index (χ2v) is 5.82. The van der Waals surface area contributed by atoms with Crippen LogP contribution in [0.15, 0.2) is 72.8 Å². The lowest BCUT2D eigenvalue weighted by Gasteiger charge is -2.11. The zero-order valence-electron chi connectivity index (χ0n) is 12.7. The van der Waals surface area contributed by atoms with E-state index in [0.717, 1.165) is 28.2 Å². The third-order valence-corrected chi connectivity index (χ3v) is 4.42. The topological polar surface area (TPSA) is 37.9 Å². The first-order chi connectivity index (χ1) is 11.8. The van der Waals surface area contributed by atoms with E-state index in [1.807, 2.05) is 42.5 Å². The van der Waals surface area contributed by atoms with Gasteiger partial charge in [0.2, 0.25) is 0 Å². The molecule has 0 unspecified atom stereocenters. The van der Waals surface area contributed by atoms with Gasteiger partial charge in [0.15, 0.2) is 5.75 Å². The van der Waals surface area contributed by atoms with Gasteiger partial charge in [-0.15, -0.1) is 0 Å². The maximum atomic E-state index is 9.22. The Balaban J connectivity index is 1.96. The quantitative estimate of drug-likeness (QED) is 0.390. The average molecular weight is 308 g/mol. The molecule has 1 aliphatic rings. The molecule has 0 saturated heterocycles. The van der Waals surface area contributed by atoms with Gasteiger partial charge in [0.05, 0.1) is 28.5 Å². The van der Waals surface area contributed by atoms with Crippen LogP contribution in [0.3, 0.4) is 0 Å². The normalized spacial score (nSPS) is 11.6. The number of aromatic nitrogens is 1. The molecule has 4 aromatic rings. The highest BCUT2D eigenvalue weighted by molar-refractivity contribution is 5.91. The number of benzene rings is 3. The Morgan fingerprint density at radius 3 is 2.58 bits per heavy atom. The monoisotopic (exact) mass is 308 g/mol. The van der Waals surface area contributed by atoms with Gasteiger partial charge in [0, 0.05) is 17.0 Å².